The van der Waals surface area contributed by atoms with Crippen molar-refractivity contribution in [1.82, 2.24) is 15.2 Å². The number of H-pyrrole nitrogens is 1. The topological polar surface area (TPSA) is 63.3 Å². The van der Waals surface area contributed by atoms with E-state index in [9.17, 15) is 0 Å². The third-order valence-corrected chi connectivity index (χ3v) is 4.67. The van der Waals surface area contributed by atoms with Crippen molar-refractivity contribution < 1.29 is 9.47 Å². The van der Waals surface area contributed by atoms with Crippen molar-refractivity contribution in [3.05, 3.63) is 36.5 Å². The number of nitrogens with one attached hydrogen (secondary N) is 1. The van der Waals surface area contributed by atoms with E-state index in [4.69, 9.17) is 9.47 Å². The van der Waals surface area contributed by atoms with Crippen LogP contribution in [-0.2, 0) is 4.74 Å². The summed E-state index contributed by atoms with van der Waals surface area (Å²) in [5.41, 5.74) is 2.96. The number of benzene rings is 1. The van der Waals surface area contributed by atoms with Crippen LogP contribution in [0.3, 0.4) is 0 Å². The third kappa shape index (κ3) is 3.05. The van der Waals surface area contributed by atoms with E-state index in [1.54, 1.807) is 7.11 Å². The Morgan fingerprint density at radius 3 is 3.00 bits per heavy atom. The van der Waals surface area contributed by atoms with E-state index in [2.05, 4.69) is 26.1 Å². The van der Waals surface area contributed by atoms with Gasteiger partial charge in [0.25, 0.3) is 0 Å². The average molecular weight is 338 g/mol. The standard InChI is InChI=1S/C19H22N4O2/c1-3-25-14-4-5-17-16(11-14)19(22-21-17)13-6-8-20-18(10-13)23-9-7-15(12-23)24-2/h4-6,8,10-11,15H,3,7,9,12H2,1-2H3,(H,21,22)/t15-/m0/s1. The zero-order valence-corrected chi connectivity index (χ0v) is 14.5. The Labute approximate surface area is 146 Å². The lowest BCUT2D eigenvalue weighted by molar-refractivity contribution is 0.121. The normalized spacial score (nSPS) is 17.4. The van der Waals surface area contributed by atoms with Crippen LogP contribution >= 0.6 is 0 Å². The van der Waals surface area contributed by atoms with Gasteiger partial charge in [0.15, 0.2) is 0 Å². The maximum Gasteiger partial charge on any atom is 0.129 e. The number of nitrogens with zero attached hydrogens (tertiary/aromatic N) is 3. The molecule has 0 spiro atoms. The molecular formula is C19H22N4O2. The predicted octanol–water partition coefficient (Wildman–Crippen LogP) is 3.25. The first-order valence-corrected chi connectivity index (χ1v) is 8.63. The summed E-state index contributed by atoms with van der Waals surface area (Å²) in [6.45, 7) is 4.47. The molecule has 130 valence electrons. The van der Waals surface area contributed by atoms with Crippen molar-refractivity contribution in [2.24, 2.45) is 0 Å². The van der Waals surface area contributed by atoms with Gasteiger partial charge in [-0.05, 0) is 43.7 Å². The molecule has 0 bridgehead atoms. The summed E-state index contributed by atoms with van der Waals surface area (Å²) in [5.74, 6) is 1.82. The lowest BCUT2D eigenvalue weighted by Crippen LogP contribution is -2.23. The van der Waals surface area contributed by atoms with Gasteiger partial charge in [0, 0.05) is 37.3 Å². The van der Waals surface area contributed by atoms with E-state index >= 15 is 0 Å². The third-order valence-electron chi connectivity index (χ3n) is 4.67. The number of anilines is 1. The molecule has 1 fully saturated rings. The second-order valence-corrected chi connectivity index (χ2v) is 6.21. The molecule has 1 aliphatic heterocycles. The highest BCUT2D eigenvalue weighted by molar-refractivity contribution is 5.94. The van der Waals surface area contributed by atoms with Crippen LogP contribution in [0.1, 0.15) is 13.3 Å². The summed E-state index contributed by atoms with van der Waals surface area (Å²) in [6, 6.07) is 10.1. The highest BCUT2D eigenvalue weighted by Gasteiger charge is 2.23. The lowest BCUT2D eigenvalue weighted by Gasteiger charge is -2.17. The van der Waals surface area contributed by atoms with Crippen LogP contribution in [-0.4, -0.2) is 48.1 Å². The molecule has 6 nitrogen and oxygen atoms in total. The summed E-state index contributed by atoms with van der Waals surface area (Å²) in [4.78, 5) is 6.80. The zero-order chi connectivity index (χ0) is 17.2. The number of aromatic amines is 1. The van der Waals surface area contributed by atoms with E-state index in [0.29, 0.717) is 6.61 Å². The highest BCUT2D eigenvalue weighted by atomic mass is 16.5. The van der Waals surface area contributed by atoms with Crippen molar-refractivity contribution >= 4 is 16.7 Å². The van der Waals surface area contributed by atoms with Crippen molar-refractivity contribution in [2.75, 3.05) is 31.7 Å². The first-order valence-electron chi connectivity index (χ1n) is 8.63. The number of methoxy groups -OCH3 is 1. The van der Waals surface area contributed by atoms with E-state index in [1.165, 1.54) is 0 Å². The quantitative estimate of drug-likeness (QED) is 0.774. The molecule has 1 N–H and O–H groups in total. The lowest BCUT2D eigenvalue weighted by atomic mass is 10.1. The Morgan fingerprint density at radius 2 is 2.20 bits per heavy atom. The molecule has 1 aromatic carbocycles. The molecule has 6 heteroatoms. The molecule has 0 unspecified atom stereocenters. The number of aromatic nitrogens is 3. The van der Waals surface area contributed by atoms with Crippen LogP contribution in [0.15, 0.2) is 36.5 Å². The Bertz CT molecular complexity index is 877. The van der Waals surface area contributed by atoms with Gasteiger partial charge in [-0.15, -0.1) is 0 Å². The largest absolute Gasteiger partial charge is 0.494 e. The van der Waals surface area contributed by atoms with Crippen molar-refractivity contribution in [3.63, 3.8) is 0 Å². The molecule has 4 rings (SSSR count). The Kier molecular flexibility index (Phi) is 4.28. The molecule has 1 aliphatic rings. The SMILES string of the molecule is CCOc1ccc2[nH]nc(-c3ccnc(N4CC[C@H](OC)C4)c3)c2c1. The van der Waals surface area contributed by atoms with Crippen molar-refractivity contribution in [2.45, 2.75) is 19.4 Å². The Morgan fingerprint density at radius 1 is 1.28 bits per heavy atom. The molecular weight excluding hydrogens is 316 g/mol. The molecule has 0 saturated carbocycles. The summed E-state index contributed by atoms with van der Waals surface area (Å²) in [5, 5.41) is 8.67. The molecule has 2 aromatic heterocycles. The van der Waals surface area contributed by atoms with Crippen LogP contribution < -0.4 is 9.64 Å². The number of pyridine rings is 1. The fraction of sp³-hybridized carbons (Fsp3) is 0.368. The monoisotopic (exact) mass is 338 g/mol. The number of ether oxygens (including phenoxy) is 2. The molecule has 0 aliphatic carbocycles. The summed E-state index contributed by atoms with van der Waals surface area (Å²) >= 11 is 0. The maximum absolute atomic E-state index is 5.63. The minimum Gasteiger partial charge on any atom is -0.494 e. The van der Waals surface area contributed by atoms with Crippen LogP contribution in [0.25, 0.3) is 22.2 Å². The van der Waals surface area contributed by atoms with Gasteiger partial charge in [-0.1, -0.05) is 0 Å². The van der Waals surface area contributed by atoms with E-state index in [0.717, 1.165) is 53.2 Å². The predicted molar refractivity (Wildman–Crippen MR) is 98.1 cm³/mol. The summed E-state index contributed by atoms with van der Waals surface area (Å²) in [7, 11) is 1.77. The number of fused-ring (bicyclic) bond motifs is 1. The van der Waals surface area contributed by atoms with Gasteiger partial charge in [-0.2, -0.15) is 5.10 Å². The Hall–Kier alpha value is -2.60. The maximum atomic E-state index is 5.63. The molecule has 25 heavy (non-hydrogen) atoms. The van der Waals surface area contributed by atoms with Crippen molar-refractivity contribution in [3.8, 4) is 17.0 Å². The highest BCUT2D eigenvalue weighted by Crippen LogP contribution is 2.31. The van der Waals surface area contributed by atoms with Crippen LogP contribution in [0.4, 0.5) is 5.82 Å². The fourth-order valence-corrected chi connectivity index (χ4v) is 3.34. The first-order chi connectivity index (χ1) is 12.3. The van der Waals surface area contributed by atoms with Crippen LogP contribution in [0, 0.1) is 0 Å². The summed E-state index contributed by atoms with van der Waals surface area (Å²) in [6.07, 6.45) is 3.16. The zero-order valence-electron chi connectivity index (χ0n) is 14.5. The van der Waals surface area contributed by atoms with Gasteiger partial charge in [0.2, 0.25) is 0 Å². The molecule has 1 atom stereocenters. The summed E-state index contributed by atoms with van der Waals surface area (Å²) < 4.78 is 11.1. The van der Waals surface area contributed by atoms with Gasteiger partial charge in [0.05, 0.1) is 18.2 Å². The smallest absolute Gasteiger partial charge is 0.129 e. The Balaban J connectivity index is 1.69. The van der Waals surface area contributed by atoms with Gasteiger partial charge in [-0.25, -0.2) is 4.98 Å². The van der Waals surface area contributed by atoms with Crippen molar-refractivity contribution in [1.29, 1.82) is 0 Å². The second-order valence-electron chi connectivity index (χ2n) is 6.21. The second kappa shape index (κ2) is 6.72. The van der Waals surface area contributed by atoms with E-state index in [1.807, 2.05) is 37.4 Å². The van der Waals surface area contributed by atoms with E-state index in [-0.39, 0.29) is 6.10 Å². The molecule has 3 aromatic rings. The van der Waals surface area contributed by atoms with Gasteiger partial charge < -0.3 is 14.4 Å². The molecule has 3 heterocycles. The number of hydrogen-bond acceptors (Lipinski definition) is 5. The first kappa shape index (κ1) is 15.9. The van der Waals surface area contributed by atoms with Gasteiger partial charge in [0.1, 0.15) is 17.3 Å². The van der Waals surface area contributed by atoms with Gasteiger partial charge in [-0.3, -0.25) is 5.10 Å². The average Bonchev–Trinajstić information content (AvgIpc) is 3.29. The fourth-order valence-electron chi connectivity index (χ4n) is 3.34. The number of hydrogen-bond donors (Lipinski definition) is 1. The van der Waals surface area contributed by atoms with Crippen LogP contribution in [0.2, 0.25) is 0 Å². The van der Waals surface area contributed by atoms with Crippen LogP contribution in [0.5, 0.6) is 5.75 Å². The minimum atomic E-state index is 0.283. The van der Waals surface area contributed by atoms with Gasteiger partial charge >= 0.3 is 0 Å². The minimum absolute atomic E-state index is 0.283. The van der Waals surface area contributed by atoms with E-state index < -0.39 is 0 Å². The molecule has 1 saturated heterocycles. The molecule has 0 amide bonds. The molecule has 0 radical (unpaired) electrons. The number of rotatable bonds is 5.